The predicted molar refractivity (Wildman–Crippen MR) is 78.9 cm³/mol. The van der Waals surface area contributed by atoms with Crippen LogP contribution in [0.4, 0.5) is 5.82 Å². The number of piperazine rings is 1. The second-order valence-corrected chi connectivity index (χ2v) is 5.41. The minimum absolute atomic E-state index is 0.0135. The monoisotopic (exact) mass is 277 g/mol. The highest BCUT2D eigenvalue weighted by Gasteiger charge is 2.29. The Morgan fingerprint density at radius 2 is 2.25 bits per heavy atom. The number of aryl methyl sites for hydroxylation is 1. The van der Waals surface area contributed by atoms with Crippen LogP contribution in [0.2, 0.25) is 0 Å². The Hall–Kier alpha value is -1.69. The average molecular weight is 277 g/mol. The van der Waals surface area contributed by atoms with Crippen LogP contribution in [0.15, 0.2) is 6.07 Å². The van der Waals surface area contributed by atoms with Crippen LogP contribution >= 0.6 is 0 Å². The van der Waals surface area contributed by atoms with E-state index in [9.17, 15) is 4.79 Å². The molecule has 20 heavy (non-hydrogen) atoms. The zero-order chi connectivity index (χ0) is 14.7. The molecule has 1 amide bonds. The molecule has 0 bridgehead atoms. The number of aromatic nitrogens is 2. The van der Waals surface area contributed by atoms with Crippen LogP contribution in [0.25, 0.3) is 0 Å². The van der Waals surface area contributed by atoms with Crippen LogP contribution < -0.4 is 15.5 Å². The molecule has 2 heterocycles. The largest absolute Gasteiger partial charge is 0.357 e. The molecule has 6 heteroatoms. The van der Waals surface area contributed by atoms with Crippen LogP contribution in [0.1, 0.15) is 31.3 Å². The molecular weight excluding hydrogens is 254 g/mol. The van der Waals surface area contributed by atoms with Crippen molar-refractivity contribution in [2.24, 2.45) is 0 Å². The van der Waals surface area contributed by atoms with Gasteiger partial charge in [0.1, 0.15) is 17.7 Å². The molecule has 1 aromatic rings. The second kappa shape index (κ2) is 6.17. The zero-order valence-corrected chi connectivity index (χ0v) is 12.6. The van der Waals surface area contributed by atoms with Gasteiger partial charge in [0.15, 0.2) is 0 Å². The number of anilines is 1. The Morgan fingerprint density at radius 3 is 2.90 bits per heavy atom. The SMILES string of the molecule is CNC(=O)C1CNCCN1c1cc(C)nc(C(C)C)n1. The van der Waals surface area contributed by atoms with Gasteiger partial charge >= 0.3 is 0 Å². The van der Waals surface area contributed by atoms with Crippen molar-refractivity contribution >= 4 is 11.7 Å². The number of likely N-dealkylation sites (N-methyl/N-ethyl adjacent to an activating group) is 1. The summed E-state index contributed by atoms with van der Waals surface area (Å²) in [5.74, 6) is 1.96. The first-order valence-electron chi connectivity index (χ1n) is 7.07. The molecule has 0 spiro atoms. The lowest BCUT2D eigenvalue weighted by Gasteiger charge is -2.36. The van der Waals surface area contributed by atoms with Crippen molar-refractivity contribution in [2.45, 2.75) is 32.7 Å². The van der Waals surface area contributed by atoms with Gasteiger partial charge in [-0.3, -0.25) is 4.79 Å². The molecular formula is C14H23N5O. The molecule has 1 fully saturated rings. The third-order valence-electron chi connectivity index (χ3n) is 3.46. The number of hydrogen-bond acceptors (Lipinski definition) is 5. The molecule has 2 rings (SSSR count). The van der Waals surface area contributed by atoms with E-state index < -0.39 is 0 Å². The van der Waals surface area contributed by atoms with E-state index in [4.69, 9.17) is 0 Å². The van der Waals surface area contributed by atoms with Crippen LogP contribution in [-0.4, -0.2) is 48.6 Å². The summed E-state index contributed by atoms with van der Waals surface area (Å²) >= 11 is 0. The minimum atomic E-state index is -0.219. The van der Waals surface area contributed by atoms with E-state index in [1.165, 1.54) is 0 Å². The highest BCUT2D eigenvalue weighted by atomic mass is 16.2. The van der Waals surface area contributed by atoms with Crippen LogP contribution in [-0.2, 0) is 4.79 Å². The van der Waals surface area contributed by atoms with Gasteiger partial charge in [-0.05, 0) is 6.92 Å². The molecule has 0 saturated carbocycles. The van der Waals surface area contributed by atoms with E-state index in [0.29, 0.717) is 6.54 Å². The van der Waals surface area contributed by atoms with Crippen LogP contribution in [0.5, 0.6) is 0 Å². The van der Waals surface area contributed by atoms with E-state index in [1.807, 2.05) is 13.0 Å². The minimum Gasteiger partial charge on any atom is -0.357 e. The standard InChI is InChI=1S/C14H23N5O/c1-9(2)13-17-10(3)7-12(18-13)19-6-5-16-8-11(19)14(20)15-4/h7,9,11,16H,5-6,8H2,1-4H3,(H,15,20). The molecule has 1 atom stereocenters. The molecule has 1 unspecified atom stereocenters. The first-order chi connectivity index (χ1) is 9.52. The van der Waals surface area contributed by atoms with E-state index >= 15 is 0 Å². The topological polar surface area (TPSA) is 70.2 Å². The summed E-state index contributed by atoms with van der Waals surface area (Å²) in [5.41, 5.74) is 0.938. The van der Waals surface area contributed by atoms with Crippen molar-refractivity contribution in [3.63, 3.8) is 0 Å². The Bertz CT molecular complexity index is 488. The summed E-state index contributed by atoms with van der Waals surface area (Å²) in [7, 11) is 1.67. The van der Waals surface area contributed by atoms with Gasteiger partial charge in [0.05, 0.1) is 0 Å². The van der Waals surface area contributed by atoms with Crippen molar-refractivity contribution in [1.29, 1.82) is 0 Å². The van der Waals surface area contributed by atoms with Crippen molar-refractivity contribution in [3.05, 3.63) is 17.6 Å². The van der Waals surface area contributed by atoms with Gasteiger partial charge in [-0.25, -0.2) is 9.97 Å². The second-order valence-electron chi connectivity index (χ2n) is 5.41. The number of nitrogens with one attached hydrogen (secondary N) is 2. The Balaban J connectivity index is 2.34. The number of carbonyl (C=O) groups excluding carboxylic acids is 1. The summed E-state index contributed by atoms with van der Waals surface area (Å²) in [5, 5.41) is 5.98. The number of amides is 1. The Morgan fingerprint density at radius 1 is 1.50 bits per heavy atom. The smallest absolute Gasteiger partial charge is 0.243 e. The maximum Gasteiger partial charge on any atom is 0.243 e. The summed E-state index contributed by atoms with van der Waals surface area (Å²) < 4.78 is 0. The summed E-state index contributed by atoms with van der Waals surface area (Å²) in [6, 6.07) is 1.73. The molecule has 1 saturated heterocycles. The summed E-state index contributed by atoms with van der Waals surface area (Å²) in [4.78, 5) is 23.2. The van der Waals surface area contributed by atoms with E-state index in [-0.39, 0.29) is 17.9 Å². The summed E-state index contributed by atoms with van der Waals surface area (Å²) in [6.45, 7) is 8.38. The van der Waals surface area contributed by atoms with Crippen molar-refractivity contribution in [2.75, 3.05) is 31.6 Å². The maximum atomic E-state index is 12.0. The first kappa shape index (κ1) is 14.7. The molecule has 2 N–H and O–H groups in total. The fourth-order valence-electron chi connectivity index (χ4n) is 2.36. The fraction of sp³-hybridized carbons (Fsp3) is 0.643. The zero-order valence-electron chi connectivity index (χ0n) is 12.6. The fourth-order valence-corrected chi connectivity index (χ4v) is 2.36. The lowest BCUT2D eigenvalue weighted by atomic mass is 10.1. The number of rotatable bonds is 3. The number of hydrogen-bond donors (Lipinski definition) is 2. The van der Waals surface area contributed by atoms with Gasteiger partial charge < -0.3 is 15.5 Å². The van der Waals surface area contributed by atoms with Gasteiger partial charge in [0, 0.05) is 44.4 Å². The van der Waals surface area contributed by atoms with E-state index in [0.717, 1.165) is 30.4 Å². The molecule has 6 nitrogen and oxygen atoms in total. The predicted octanol–water partition coefficient (Wildman–Crippen LogP) is 0.433. The molecule has 1 aliphatic heterocycles. The molecule has 0 radical (unpaired) electrons. The van der Waals surface area contributed by atoms with Crippen molar-refractivity contribution < 1.29 is 4.79 Å². The quantitative estimate of drug-likeness (QED) is 0.838. The molecule has 110 valence electrons. The van der Waals surface area contributed by atoms with E-state index in [2.05, 4.69) is 39.3 Å². The van der Waals surface area contributed by atoms with Crippen LogP contribution in [0, 0.1) is 6.92 Å². The van der Waals surface area contributed by atoms with Gasteiger partial charge in [-0.1, -0.05) is 13.8 Å². The maximum absolute atomic E-state index is 12.0. The van der Waals surface area contributed by atoms with E-state index in [1.54, 1.807) is 7.05 Å². The van der Waals surface area contributed by atoms with Crippen molar-refractivity contribution in [3.8, 4) is 0 Å². The van der Waals surface area contributed by atoms with Gasteiger partial charge in [0.25, 0.3) is 0 Å². The third kappa shape index (κ3) is 3.07. The Kier molecular flexibility index (Phi) is 4.54. The Labute approximate surface area is 120 Å². The molecule has 0 aliphatic carbocycles. The number of carbonyl (C=O) groups is 1. The lowest BCUT2D eigenvalue weighted by Crippen LogP contribution is -2.58. The van der Waals surface area contributed by atoms with Crippen molar-refractivity contribution in [1.82, 2.24) is 20.6 Å². The van der Waals surface area contributed by atoms with Gasteiger partial charge in [-0.2, -0.15) is 0 Å². The summed E-state index contributed by atoms with van der Waals surface area (Å²) in [6.07, 6.45) is 0. The normalized spacial score (nSPS) is 19.2. The highest BCUT2D eigenvalue weighted by molar-refractivity contribution is 5.85. The molecule has 1 aliphatic rings. The van der Waals surface area contributed by atoms with Gasteiger partial charge in [0.2, 0.25) is 5.91 Å². The highest BCUT2D eigenvalue weighted by Crippen LogP contribution is 2.20. The molecule has 0 aromatic carbocycles. The lowest BCUT2D eigenvalue weighted by molar-refractivity contribution is -0.122. The third-order valence-corrected chi connectivity index (χ3v) is 3.46. The van der Waals surface area contributed by atoms with Crippen LogP contribution in [0.3, 0.4) is 0 Å². The average Bonchev–Trinajstić information content (AvgIpc) is 2.45. The first-order valence-corrected chi connectivity index (χ1v) is 7.07. The van der Waals surface area contributed by atoms with Gasteiger partial charge in [-0.15, -0.1) is 0 Å². The molecule has 1 aromatic heterocycles. The number of nitrogens with zero attached hydrogens (tertiary/aromatic N) is 3.